The van der Waals surface area contributed by atoms with Gasteiger partial charge in [-0.25, -0.2) is 0 Å². The summed E-state index contributed by atoms with van der Waals surface area (Å²) in [6.07, 6.45) is 5.07. The molecule has 0 N–H and O–H groups in total. The molecule has 2 aromatic rings. The molecule has 1 unspecified atom stereocenters. The minimum absolute atomic E-state index is 0.482. The van der Waals surface area contributed by atoms with E-state index in [-0.39, 0.29) is 0 Å². The number of hydrogen-bond acceptors (Lipinski definition) is 13. The molecule has 1 atom stereocenters. The Morgan fingerprint density at radius 3 is 2.03 bits per heavy atom. The molecule has 6 heterocycles. The third-order valence-corrected chi connectivity index (χ3v) is 8.19. The van der Waals surface area contributed by atoms with Crippen LogP contribution in [-0.4, -0.2) is 108 Å². The molecule has 13 heteroatoms. The molecule has 4 fully saturated rings. The SMILES string of the molecule is C(COCCCOc1nsnc1C1CN2CCC1CC2)COCCCOc1nsnc1N1CCOCC1. The molecule has 6 rings (SSSR count). The monoisotopic (exact) mass is 554 g/mol. The third kappa shape index (κ3) is 7.70. The van der Waals surface area contributed by atoms with Gasteiger partial charge in [-0.1, -0.05) is 0 Å². The Morgan fingerprint density at radius 2 is 1.35 bits per heavy atom. The normalized spacial score (nSPS) is 23.5. The van der Waals surface area contributed by atoms with Crippen LogP contribution in [0.2, 0.25) is 0 Å². The zero-order valence-electron chi connectivity index (χ0n) is 21.4. The molecule has 0 radical (unpaired) electrons. The predicted octanol–water partition coefficient (Wildman–Crippen LogP) is 2.70. The summed E-state index contributed by atoms with van der Waals surface area (Å²) in [5, 5.41) is 0. The first-order valence-electron chi connectivity index (χ1n) is 13.5. The number of rotatable bonds is 16. The molecule has 0 saturated carbocycles. The first-order chi connectivity index (χ1) is 18.4. The minimum atomic E-state index is 0.482. The summed E-state index contributed by atoms with van der Waals surface area (Å²) >= 11 is 2.45. The van der Waals surface area contributed by atoms with E-state index >= 15 is 0 Å². The van der Waals surface area contributed by atoms with E-state index in [0.717, 1.165) is 62.2 Å². The van der Waals surface area contributed by atoms with Crippen molar-refractivity contribution in [1.82, 2.24) is 22.4 Å². The first-order valence-corrected chi connectivity index (χ1v) is 15.0. The van der Waals surface area contributed by atoms with Gasteiger partial charge in [-0.15, -0.1) is 8.75 Å². The van der Waals surface area contributed by atoms with E-state index in [9.17, 15) is 0 Å². The molecule has 4 saturated heterocycles. The van der Waals surface area contributed by atoms with E-state index in [4.69, 9.17) is 23.7 Å². The van der Waals surface area contributed by atoms with Crippen molar-refractivity contribution < 1.29 is 23.7 Å². The Kier molecular flexibility index (Phi) is 10.6. The molecule has 0 spiro atoms. The molecule has 37 heavy (non-hydrogen) atoms. The van der Waals surface area contributed by atoms with Gasteiger partial charge in [-0.2, -0.15) is 8.75 Å². The lowest BCUT2D eigenvalue weighted by Crippen LogP contribution is -2.46. The van der Waals surface area contributed by atoms with Crippen molar-refractivity contribution in [2.24, 2.45) is 5.92 Å². The third-order valence-electron chi connectivity index (χ3n) is 7.16. The van der Waals surface area contributed by atoms with Crippen LogP contribution < -0.4 is 14.4 Å². The summed E-state index contributed by atoms with van der Waals surface area (Å²) in [5.74, 6) is 3.40. The van der Waals surface area contributed by atoms with Gasteiger partial charge in [0.1, 0.15) is 5.69 Å². The van der Waals surface area contributed by atoms with Gasteiger partial charge in [0.05, 0.1) is 49.9 Å². The Labute approximate surface area is 227 Å². The zero-order valence-corrected chi connectivity index (χ0v) is 23.1. The summed E-state index contributed by atoms with van der Waals surface area (Å²) in [7, 11) is 0. The van der Waals surface area contributed by atoms with Gasteiger partial charge in [-0.3, -0.25) is 0 Å². The first kappa shape index (κ1) is 26.9. The maximum atomic E-state index is 5.97. The summed E-state index contributed by atoms with van der Waals surface area (Å²) in [4.78, 5) is 4.71. The molecular formula is C24H38N6O5S2. The molecular weight excluding hydrogens is 516 g/mol. The second-order valence-corrected chi connectivity index (χ2v) is 10.7. The lowest BCUT2D eigenvalue weighted by Gasteiger charge is -2.44. The van der Waals surface area contributed by atoms with Crippen molar-refractivity contribution in [3.8, 4) is 11.8 Å². The van der Waals surface area contributed by atoms with E-state index in [2.05, 4.69) is 27.3 Å². The van der Waals surface area contributed by atoms with Crippen LogP contribution in [0.3, 0.4) is 0 Å². The largest absolute Gasteiger partial charge is 0.476 e. The molecule has 2 aromatic heterocycles. The van der Waals surface area contributed by atoms with Crippen LogP contribution >= 0.6 is 23.5 Å². The summed E-state index contributed by atoms with van der Waals surface area (Å²) in [6.45, 7) is 10.5. The fourth-order valence-electron chi connectivity index (χ4n) is 5.15. The number of piperidine rings is 3. The number of nitrogens with zero attached hydrogens (tertiary/aromatic N) is 6. The van der Waals surface area contributed by atoms with Gasteiger partial charge in [0.25, 0.3) is 5.88 Å². The summed E-state index contributed by atoms with van der Waals surface area (Å²) in [5.41, 5.74) is 1.07. The molecule has 11 nitrogen and oxygen atoms in total. The van der Waals surface area contributed by atoms with Gasteiger partial charge < -0.3 is 33.5 Å². The van der Waals surface area contributed by atoms with Crippen molar-refractivity contribution in [1.29, 1.82) is 0 Å². The highest BCUT2D eigenvalue weighted by Gasteiger charge is 2.38. The van der Waals surface area contributed by atoms with Crippen LogP contribution in [0, 0.1) is 5.92 Å². The smallest absolute Gasteiger partial charge is 0.270 e. The van der Waals surface area contributed by atoms with E-state index in [1.807, 2.05) is 0 Å². The Bertz CT molecular complexity index is 919. The molecule has 0 aliphatic carbocycles. The Morgan fingerprint density at radius 1 is 0.730 bits per heavy atom. The van der Waals surface area contributed by atoms with E-state index in [1.54, 1.807) is 0 Å². The van der Waals surface area contributed by atoms with Crippen molar-refractivity contribution in [2.45, 2.75) is 38.0 Å². The van der Waals surface area contributed by atoms with Crippen molar-refractivity contribution in [2.75, 3.05) is 90.5 Å². The molecule has 4 aliphatic rings. The van der Waals surface area contributed by atoms with Crippen molar-refractivity contribution >= 4 is 29.3 Å². The van der Waals surface area contributed by atoms with Crippen LogP contribution in [0.4, 0.5) is 5.82 Å². The van der Waals surface area contributed by atoms with Gasteiger partial charge in [-0.05, 0) is 38.3 Å². The van der Waals surface area contributed by atoms with Gasteiger partial charge in [0.2, 0.25) is 11.7 Å². The second-order valence-electron chi connectivity index (χ2n) is 9.67. The lowest BCUT2D eigenvalue weighted by molar-refractivity contribution is 0.0718. The van der Waals surface area contributed by atoms with E-state index in [1.165, 1.54) is 49.4 Å². The van der Waals surface area contributed by atoms with Crippen LogP contribution in [-0.2, 0) is 14.2 Å². The number of hydrogen-bond donors (Lipinski definition) is 0. The number of anilines is 1. The summed E-state index contributed by atoms with van der Waals surface area (Å²) in [6, 6.07) is 0. The lowest BCUT2D eigenvalue weighted by atomic mass is 9.77. The topological polar surface area (TPSA) is 104 Å². The number of ether oxygens (including phenoxy) is 5. The minimum Gasteiger partial charge on any atom is -0.476 e. The second kappa shape index (κ2) is 14.5. The van der Waals surface area contributed by atoms with Crippen LogP contribution in [0.1, 0.15) is 43.7 Å². The highest BCUT2D eigenvalue weighted by Crippen LogP contribution is 2.41. The van der Waals surface area contributed by atoms with Crippen molar-refractivity contribution in [3.05, 3.63) is 5.69 Å². The van der Waals surface area contributed by atoms with Crippen LogP contribution in [0.25, 0.3) is 0 Å². The predicted molar refractivity (Wildman–Crippen MR) is 141 cm³/mol. The molecule has 0 aromatic carbocycles. The molecule has 4 aliphatic heterocycles. The number of fused-ring (bicyclic) bond motifs is 3. The molecule has 0 amide bonds. The average Bonchev–Trinajstić information content (AvgIpc) is 3.62. The van der Waals surface area contributed by atoms with Gasteiger partial charge in [0.15, 0.2) is 0 Å². The average molecular weight is 555 g/mol. The quantitative estimate of drug-likeness (QED) is 0.286. The molecule has 206 valence electrons. The molecule has 2 bridgehead atoms. The highest BCUT2D eigenvalue weighted by molar-refractivity contribution is 6.99. The van der Waals surface area contributed by atoms with Crippen LogP contribution in [0.5, 0.6) is 11.8 Å². The highest BCUT2D eigenvalue weighted by atomic mass is 32.1. The van der Waals surface area contributed by atoms with E-state index in [0.29, 0.717) is 64.7 Å². The summed E-state index contributed by atoms with van der Waals surface area (Å²) < 4.78 is 46.3. The Balaban J connectivity index is 0.850. The maximum absolute atomic E-state index is 5.97. The Hall–Kier alpha value is -1.64. The zero-order chi connectivity index (χ0) is 25.1. The van der Waals surface area contributed by atoms with Crippen molar-refractivity contribution in [3.63, 3.8) is 0 Å². The van der Waals surface area contributed by atoms with E-state index < -0.39 is 0 Å². The standard InChI is InChI=1S/C24H38N6O5S2/c1(11-32-13-3-15-35-24-22(26-37-28-24)30-8-16-33-17-9-30)10-31-12-2-14-34-23-21(25-36-27-23)20-18-29-6-4-19(20)5-7-29/h19-20H,1-18H2. The van der Waals surface area contributed by atoms with Gasteiger partial charge >= 0.3 is 0 Å². The fraction of sp³-hybridized carbons (Fsp3) is 0.833. The van der Waals surface area contributed by atoms with Gasteiger partial charge in [0, 0.05) is 64.8 Å². The van der Waals surface area contributed by atoms with Crippen LogP contribution in [0.15, 0.2) is 0 Å². The fourth-order valence-corrected chi connectivity index (χ4v) is 6.23. The number of morpholine rings is 1. The number of aromatic nitrogens is 4. The maximum Gasteiger partial charge on any atom is 0.270 e.